The molecule has 0 fully saturated rings. The molecule has 0 aliphatic heterocycles. The summed E-state index contributed by atoms with van der Waals surface area (Å²) in [5, 5.41) is 4.54. The molecule has 0 spiro atoms. The third-order valence-electron chi connectivity index (χ3n) is 9.97. The van der Waals surface area contributed by atoms with Crippen molar-refractivity contribution in [1.29, 1.82) is 0 Å². The molecule has 10 aromatic rings. The molecule has 4 heteroatoms. The van der Waals surface area contributed by atoms with Crippen LogP contribution in [0.1, 0.15) is 0 Å². The van der Waals surface area contributed by atoms with E-state index < -0.39 is 0 Å². The van der Waals surface area contributed by atoms with Crippen molar-refractivity contribution >= 4 is 32.7 Å². The second-order valence-corrected chi connectivity index (χ2v) is 13.2. The smallest absolute Gasteiger partial charge is 0.167 e. The zero-order chi connectivity index (χ0) is 35.1. The molecule has 0 radical (unpaired) electrons. The van der Waals surface area contributed by atoms with Gasteiger partial charge in [0, 0.05) is 21.9 Å². The van der Waals surface area contributed by atoms with E-state index in [4.69, 9.17) is 19.4 Å². The molecule has 0 atom stereocenters. The van der Waals surface area contributed by atoms with Crippen LogP contribution in [0.2, 0.25) is 0 Å². The van der Waals surface area contributed by atoms with Crippen molar-refractivity contribution in [3.8, 4) is 67.5 Å². The van der Waals surface area contributed by atoms with Crippen LogP contribution in [0.25, 0.3) is 100 Å². The minimum absolute atomic E-state index is 0.564. The fourth-order valence-electron chi connectivity index (χ4n) is 7.16. The molecule has 53 heavy (non-hydrogen) atoms. The summed E-state index contributed by atoms with van der Waals surface area (Å²) < 4.78 is 6.43. The first-order valence-corrected chi connectivity index (χ1v) is 17.8. The molecule has 0 bridgehead atoms. The standard InChI is InChI=1S/C49H31N3O/c1-2-9-32(10-3-1)34-17-19-35(20-18-34)36-21-26-38(27-22-36)47-50-48(39-28-23-37(24-29-39)41-30-25-33-11-4-5-12-40(33)31-41)52-49(51-47)44-15-8-14-43-42-13-6-7-16-45(42)53-46(43)44/h1-31H. The molecule has 2 heterocycles. The lowest BCUT2D eigenvalue weighted by atomic mass is 9.99. The number of benzene rings is 8. The van der Waals surface area contributed by atoms with Gasteiger partial charge < -0.3 is 4.42 Å². The van der Waals surface area contributed by atoms with E-state index in [0.29, 0.717) is 17.5 Å². The zero-order valence-corrected chi connectivity index (χ0v) is 28.6. The van der Waals surface area contributed by atoms with Gasteiger partial charge in [-0.15, -0.1) is 0 Å². The van der Waals surface area contributed by atoms with Gasteiger partial charge >= 0.3 is 0 Å². The molecule has 4 nitrogen and oxygen atoms in total. The van der Waals surface area contributed by atoms with Crippen LogP contribution in [0.4, 0.5) is 0 Å². The van der Waals surface area contributed by atoms with E-state index in [9.17, 15) is 0 Å². The average molecular weight is 678 g/mol. The van der Waals surface area contributed by atoms with Gasteiger partial charge in [0.05, 0.1) is 5.56 Å². The van der Waals surface area contributed by atoms with Gasteiger partial charge in [-0.05, 0) is 62.4 Å². The summed E-state index contributed by atoms with van der Waals surface area (Å²) in [6, 6.07) is 65.3. The largest absolute Gasteiger partial charge is 0.455 e. The van der Waals surface area contributed by atoms with Crippen LogP contribution in [0.15, 0.2) is 192 Å². The molecule has 0 aliphatic carbocycles. The van der Waals surface area contributed by atoms with Gasteiger partial charge in [0.15, 0.2) is 17.5 Å². The Labute approximate surface area is 306 Å². The van der Waals surface area contributed by atoms with Crippen molar-refractivity contribution < 1.29 is 4.42 Å². The minimum Gasteiger partial charge on any atom is -0.455 e. The normalized spacial score (nSPS) is 11.4. The molecule has 2 aromatic heterocycles. The number of hydrogen-bond acceptors (Lipinski definition) is 4. The van der Waals surface area contributed by atoms with Crippen LogP contribution in [0.3, 0.4) is 0 Å². The highest BCUT2D eigenvalue weighted by Crippen LogP contribution is 2.36. The summed E-state index contributed by atoms with van der Waals surface area (Å²) in [5.74, 6) is 1.76. The van der Waals surface area contributed by atoms with Gasteiger partial charge in [0.25, 0.3) is 0 Å². The molecule has 0 aliphatic rings. The van der Waals surface area contributed by atoms with Crippen molar-refractivity contribution in [3.63, 3.8) is 0 Å². The van der Waals surface area contributed by atoms with Crippen molar-refractivity contribution in [1.82, 2.24) is 15.0 Å². The van der Waals surface area contributed by atoms with Crippen LogP contribution in [0, 0.1) is 0 Å². The van der Waals surface area contributed by atoms with Gasteiger partial charge in [-0.25, -0.2) is 15.0 Å². The van der Waals surface area contributed by atoms with Gasteiger partial charge in [0.1, 0.15) is 11.2 Å². The molecule has 0 unspecified atom stereocenters. The lowest BCUT2D eigenvalue weighted by molar-refractivity contribution is 0.669. The zero-order valence-electron chi connectivity index (χ0n) is 28.6. The van der Waals surface area contributed by atoms with E-state index in [1.54, 1.807) is 0 Å². The first-order chi connectivity index (χ1) is 26.2. The van der Waals surface area contributed by atoms with E-state index in [0.717, 1.165) is 55.3 Å². The fourth-order valence-corrected chi connectivity index (χ4v) is 7.16. The number of aromatic nitrogens is 3. The quantitative estimate of drug-likeness (QED) is 0.176. The highest BCUT2D eigenvalue weighted by molar-refractivity contribution is 6.09. The van der Waals surface area contributed by atoms with Gasteiger partial charge in [0.2, 0.25) is 0 Å². The summed E-state index contributed by atoms with van der Waals surface area (Å²) in [6.45, 7) is 0. The number of nitrogens with zero attached hydrogens (tertiary/aromatic N) is 3. The maximum absolute atomic E-state index is 6.43. The van der Waals surface area contributed by atoms with Crippen molar-refractivity contribution in [3.05, 3.63) is 188 Å². The first kappa shape index (κ1) is 30.6. The maximum Gasteiger partial charge on any atom is 0.167 e. The first-order valence-electron chi connectivity index (χ1n) is 17.8. The summed E-state index contributed by atoms with van der Waals surface area (Å²) in [4.78, 5) is 15.2. The second kappa shape index (κ2) is 12.9. The summed E-state index contributed by atoms with van der Waals surface area (Å²) in [5.41, 5.74) is 11.2. The molecule has 248 valence electrons. The van der Waals surface area contributed by atoms with E-state index in [1.807, 2.05) is 36.4 Å². The molecule has 0 saturated carbocycles. The fraction of sp³-hybridized carbons (Fsp3) is 0. The Kier molecular flexibility index (Phi) is 7.43. The van der Waals surface area contributed by atoms with Crippen molar-refractivity contribution in [2.24, 2.45) is 0 Å². The summed E-state index contributed by atoms with van der Waals surface area (Å²) >= 11 is 0. The number of para-hydroxylation sites is 2. The second-order valence-electron chi connectivity index (χ2n) is 13.2. The SMILES string of the molecule is c1ccc(-c2ccc(-c3ccc(-c4nc(-c5ccc(-c6ccc7ccccc7c6)cc5)nc(-c5cccc6c5oc5ccccc56)n4)cc3)cc2)cc1. The van der Waals surface area contributed by atoms with Crippen molar-refractivity contribution in [2.75, 3.05) is 0 Å². The number of fused-ring (bicyclic) bond motifs is 4. The van der Waals surface area contributed by atoms with Crippen LogP contribution in [-0.2, 0) is 0 Å². The molecule has 10 rings (SSSR count). The third-order valence-corrected chi connectivity index (χ3v) is 9.97. The third kappa shape index (κ3) is 5.73. The Morgan fingerprint density at radius 3 is 1.43 bits per heavy atom. The highest BCUT2D eigenvalue weighted by Gasteiger charge is 2.18. The average Bonchev–Trinajstić information content (AvgIpc) is 3.63. The van der Waals surface area contributed by atoms with Gasteiger partial charge in [-0.3, -0.25) is 0 Å². The molecule has 0 amide bonds. The topological polar surface area (TPSA) is 51.8 Å². The Balaban J connectivity index is 1.05. The molecule has 0 N–H and O–H groups in total. The van der Waals surface area contributed by atoms with Crippen LogP contribution < -0.4 is 0 Å². The lowest BCUT2D eigenvalue weighted by Crippen LogP contribution is -2.00. The van der Waals surface area contributed by atoms with Crippen LogP contribution in [0.5, 0.6) is 0 Å². The van der Waals surface area contributed by atoms with Gasteiger partial charge in [-0.1, -0.05) is 170 Å². The predicted molar refractivity (Wildman–Crippen MR) is 217 cm³/mol. The molecule has 0 saturated heterocycles. The van der Waals surface area contributed by atoms with Crippen molar-refractivity contribution in [2.45, 2.75) is 0 Å². The number of furan rings is 1. The van der Waals surface area contributed by atoms with Crippen LogP contribution >= 0.6 is 0 Å². The Morgan fingerprint density at radius 2 is 0.774 bits per heavy atom. The molecular weight excluding hydrogens is 647 g/mol. The van der Waals surface area contributed by atoms with E-state index >= 15 is 0 Å². The van der Waals surface area contributed by atoms with E-state index in [-0.39, 0.29) is 0 Å². The van der Waals surface area contributed by atoms with E-state index in [2.05, 4.69) is 152 Å². The Hall–Kier alpha value is -7.17. The van der Waals surface area contributed by atoms with E-state index in [1.165, 1.54) is 27.5 Å². The van der Waals surface area contributed by atoms with Crippen LogP contribution in [-0.4, -0.2) is 15.0 Å². The number of rotatable bonds is 6. The highest BCUT2D eigenvalue weighted by atomic mass is 16.3. The molecule has 8 aromatic carbocycles. The number of hydrogen-bond donors (Lipinski definition) is 0. The molecular formula is C49H31N3O. The lowest BCUT2D eigenvalue weighted by Gasteiger charge is -2.10. The summed E-state index contributed by atoms with van der Waals surface area (Å²) in [6.07, 6.45) is 0. The predicted octanol–water partition coefficient (Wildman–Crippen LogP) is 12.9. The summed E-state index contributed by atoms with van der Waals surface area (Å²) in [7, 11) is 0. The Bertz CT molecular complexity index is 2910. The monoisotopic (exact) mass is 677 g/mol. The van der Waals surface area contributed by atoms with Gasteiger partial charge in [-0.2, -0.15) is 0 Å². The Morgan fingerprint density at radius 1 is 0.302 bits per heavy atom. The minimum atomic E-state index is 0.564. The maximum atomic E-state index is 6.43.